The van der Waals surface area contributed by atoms with Crippen molar-refractivity contribution in [1.82, 2.24) is 9.97 Å². The molecule has 0 amide bonds. The van der Waals surface area contributed by atoms with Crippen LogP contribution in [0.3, 0.4) is 0 Å². The topological polar surface area (TPSA) is 72.3 Å². The zero-order valence-corrected chi connectivity index (χ0v) is 10.4. The van der Waals surface area contributed by atoms with Gasteiger partial charge < -0.3 is 9.84 Å². The number of carboxylic acid groups (broad SMARTS) is 1. The van der Waals surface area contributed by atoms with E-state index in [9.17, 15) is 4.79 Å². The van der Waals surface area contributed by atoms with Gasteiger partial charge in [-0.05, 0) is 25.8 Å². The summed E-state index contributed by atoms with van der Waals surface area (Å²) in [5.41, 5.74) is 0.749. The van der Waals surface area contributed by atoms with Gasteiger partial charge in [0.25, 0.3) is 0 Å². The Morgan fingerprint density at radius 1 is 1.47 bits per heavy atom. The molecule has 0 unspecified atom stereocenters. The van der Waals surface area contributed by atoms with Crippen molar-refractivity contribution in [2.24, 2.45) is 0 Å². The molecule has 1 fully saturated rings. The van der Waals surface area contributed by atoms with Crippen LogP contribution in [0.2, 0.25) is 0 Å². The summed E-state index contributed by atoms with van der Waals surface area (Å²) in [6, 6.07) is 1.48. The Balaban J connectivity index is 2.11. The summed E-state index contributed by atoms with van der Waals surface area (Å²) in [4.78, 5) is 19.2. The number of carbonyl (C=O) groups is 1. The number of nitrogens with zero attached hydrogens (tertiary/aromatic N) is 2. The van der Waals surface area contributed by atoms with Crippen molar-refractivity contribution in [3.05, 3.63) is 17.5 Å². The maximum Gasteiger partial charge on any atom is 0.354 e. The van der Waals surface area contributed by atoms with Crippen LogP contribution in [0.25, 0.3) is 0 Å². The smallest absolute Gasteiger partial charge is 0.354 e. The SMILES string of the molecule is Cc1cc(C(=O)O)nc(SC2CCOCC2)n1. The van der Waals surface area contributed by atoms with Crippen LogP contribution in [0, 0.1) is 6.92 Å². The van der Waals surface area contributed by atoms with Crippen molar-refractivity contribution in [2.75, 3.05) is 13.2 Å². The number of carboxylic acids is 1. The van der Waals surface area contributed by atoms with Crippen LogP contribution in [0.5, 0.6) is 0 Å². The van der Waals surface area contributed by atoms with Crippen molar-refractivity contribution in [3.63, 3.8) is 0 Å². The van der Waals surface area contributed by atoms with E-state index in [0.29, 0.717) is 16.1 Å². The summed E-state index contributed by atoms with van der Waals surface area (Å²) < 4.78 is 5.27. The minimum absolute atomic E-state index is 0.0621. The number of hydrogen-bond donors (Lipinski definition) is 1. The number of aromatic carboxylic acids is 1. The van der Waals surface area contributed by atoms with Crippen LogP contribution >= 0.6 is 11.8 Å². The predicted octanol–water partition coefficient (Wildman–Crippen LogP) is 1.75. The molecule has 0 atom stereocenters. The molecule has 92 valence electrons. The lowest BCUT2D eigenvalue weighted by molar-refractivity contribution is 0.0689. The number of rotatable bonds is 3. The highest BCUT2D eigenvalue weighted by molar-refractivity contribution is 7.99. The van der Waals surface area contributed by atoms with Gasteiger partial charge >= 0.3 is 5.97 Å². The molecule has 1 aliphatic rings. The molecule has 1 aromatic heterocycles. The zero-order valence-electron chi connectivity index (χ0n) is 9.55. The first-order valence-corrected chi connectivity index (χ1v) is 6.36. The van der Waals surface area contributed by atoms with Gasteiger partial charge in [-0.1, -0.05) is 11.8 Å². The van der Waals surface area contributed by atoms with Gasteiger partial charge in [0.15, 0.2) is 10.9 Å². The van der Waals surface area contributed by atoms with Crippen molar-refractivity contribution in [3.8, 4) is 0 Å². The molecule has 2 heterocycles. The van der Waals surface area contributed by atoms with E-state index >= 15 is 0 Å². The van der Waals surface area contributed by atoms with Crippen LogP contribution in [0.4, 0.5) is 0 Å². The van der Waals surface area contributed by atoms with Gasteiger partial charge in [-0.3, -0.25) is 0 Å². The quantitative estimate of drug-likeness (QED) is 0.828. The molecule has 1 N–H and O–H groups in total. The summed E-state index contributed by atoms with van der Waals surface area (Å²) in [5, 5.41) is 9.89. The first-order chi connectivity index (χ1) is 8.15. The van der Waals surface area contributed by atoms with Crippen molar-refractivity contribution in [2.45, 2.75) is 30.2 Å². The second-order valence-electron chi connectivity index (χ2n) is 3.91. The van der Waals surface area contributed by atoms with Crippen LogP contribution in [-0.2, 0) is 4.74 Å². The standard InChI is InChI=1S/C11H14N2O3S/c1-7-6-9(10(14)15)13-11(12-7)17-8-2-4-16-5-3-8/h6,8H,2-5H2,1H3,(H,14,15). The van der Waals surface area contributed by atoms with E-state index < -0.39 is 5.97 Å². The number of thioether (sulfide) groups is 1. The predicted molar refractivity (Wildman–Crippen MR) is 63.4 cm³/mol. The fourth-order valence-electron chi connectivity index (χ4n) is 1.65. The molecule has 5 nitrogen and oxygen atoms in total. The molecule has 1 aromatic rings. The number of ether oxygens (including phenoxy) is 1. The van der Waals surface area contributed by atoms with E-state index in [-0.39, 0.29) is 5.69 Å². The molecule has 0 bridgehead atoms. The lowest BCUT2D eigenvalue weighted by Gasteiger charge is -2.20. The molecule has 1 aliphatic heterocycles. The maximum absolute atomic E-state index is 10.9. The largest absolute Gasteiger partial charge is 0.477 e. The number of aryl methyl sites for hydroxylation is 1. The molecule has 6 heteroatoms. The van der Waals surface area contributed by atoms with Gasteiger partial charge in [0.05, 0.1) is 0 Å². The lowest BCUT2D eigenvalue weighted by atomic mass is 10.2. The van der Waals surface area contributed by atoms with Gasteiger partial charge in [0.2, 0.25) is 0 Å². The highest BCUT2D eigenvalue weighted by Crippen LogP contribution is 2.27. The lowest BCUT2D eigenvalue weighted by Crippen LogP contribution is -2.18. The van der Waals surface area contributed by atoms with Crippen LogP contribution < -0.4 is 0 Å². The van der Waals surface area contributed by atoms with E-state index in [2.05, 4.69) is 9.97 Å². The first kappa shape index (κ1) is 12.3. The van der Waals surface area contributed by atoms with Crippen LogP contribution in [0.1, 0.15) is 29.0 Å². The second-order valence-corrected chi connectivity index (χ2v) is 5.18. The summed E-state index contributed by atoms with van der Waals surface area (Å²) in [7, 11) is 0. The number of hydrogen-bond acceptors (Lipinski definition) is 5. The minimum atomic E-state index is -1.01. The first-order valence-electron chi connectivity index (χ1n) is 5.48. The van der Waals surface area contributed by atoms with E-state index in [1.165, 1.54) is 6.07 Å². The summed E-state index contributed by atoms with van der Waals surface area (Å²) in [5.74, 6) is -1.01. The Morgan fingerprint density at radius 3 is 2.82 bits per heavy atom. The average molecular weight is 254 g/mol. The Bertz CT molecular complexity index is 419. The minimum Gasteiger partial charge on any atom is -0.477 e. The molecule has 0 radical (unpaired) electrons. The molecule has 1 saturated heterocycles. The fraction of sp³-hybridized carbons (Fsp3) is 0.545. The third-order valence-corrected chi connectivity index (χ3v) is 3.69. The van der Waals surface area contributed by atoms with Gasteiger partial charge in [-0.2, -0.15) is 0 Å². The Labute approximate surface area is 104 Å². The van der Waals surface area contributed by atoms with Crippen LogP contribution in [0.15, 0.2) is 11.2 Å². The van der Waals surface area contributed by atoms with E-state index in [4.69, 9.17) is 9.84 Å². The van der Waals surface area contributed by atoms with Crippen molar-refractivity contribution < 1.29 is 14.6 Å². The molecule has 0 spiro atoms. The summed E-state index contributed by atoms with van der Waals surface area (Å²) in [6.45, 7) is 3.30. The molecule has 17 heavy (non-hydrogen) atoms. The Kier molecular flexibility index (Phi) is 3.96. The maximum atomic E-state index is 10.9. The molecule has 2 rings (SSSR count). The second kappa shape index (κ2) is 5.46. The van der Waals surface area contributed by atoms with Gasteiger partial charge in [0.1, 0.15) is 0 Å². The normalized spacial score (nSPS) is 17.0. The highest BCUT2D eigenvalue weighted by atomic mass is 32.2. The monoisotopic (exact) mass is 254 g/mol. The van der Waals surface area contributed by atoms with E-state index in [1.807, 2.05) is 0 Å². The molecule has 0 saturated carbocycles. The molecular weight excluding hydrogens is 240 g/mol. The van der Waals surface area contributed by atoms with Crippen molar-refractivity contribution in [1.29, 1.82) is 0 Å². The van der Waals surface area contributed by atoms with E-state index in [0.717, 1.165) is 26.1 Å². The van der Waals surface area contributed by atoms with Gasteiger partial charge in [-0.15, -0.1) is 0 Å². The highest BCUT2D eigenvalue weighted by Gasteiger charge is 2.17. The Hall–Kier alpha value is -1.14. The average Bonchev–Trinajstić information content (AvgIpc) is 2.29. The number of aromatic nitrogens is 2. The summed E-state index contributed by atoms with van der Waals surface area (Å²) >= 11 is 1.54. The summed E-state index contributed by atoms with van der Waals surface area (Å²) in [6.07, 6.45) is 1.93. The van der Waals surface area contributed by atoms with Gasteiger partial charge in [0, 0.05) is 24.2 Å². The van der Waals surface area contributed by atoms with E-state index in [1.54, 1.807) is 18.7 Å². The van der Waals surface area contributed by atoms with Gasteiger partial charge in [-0.25, -0.2) is 14.8 Å². The molecule has 0 aromatic carbocycles. The molecular formula is C11H14N2O3S. The third kappa shape index (κ3) is 3.41. The van der Waals surface area contributed by atoms with Crippen LogP contribution in [-0.4, -0.2) is 39.5 Å². The fourth-order valence-corrected chi connectivity index (χ4v) is 2.72. The van der Waals surface area contributed by atoms with Crippen molar-refractivity contribution >= 4 is 17.7 Å². The third-order valence-electron chi connectivity index (χ3n) is 2.49. The zero-order chi connectivity index (χ0) is 12.3. The molecule has 0 aliphatic carbocycles. The Morgan fingerprint density at radius 2 is 2.18 bits per heavy atom.